The second-order valence-corrected chi connectivity index (χ2v) is 7.37. The summed E-state index contributed by atoms with van der Waals surface area (Å²) < 4.78 is 10.7. The number of aliphatic hydroxyl groups is 1. The van der Waals surface area contributed by atoms with Gasteiger partial charge in [0, 0.05) is 31.0 Å². The number of hydrogen-bond donors (Lipinski definition) is 1. The van der Waals surface area contributed by atoms with Gasteiger partial charge in [-0.15, -0.1) is 0 Å². The smallest absolute Gasteiger partial charge is 0.295 e. The van der Waals surface area contributed by atoms with E-state index in [1.54, 1.807) is 42.7 Å². The molecule has 2 aliphatic rings. The molecule has 8 heteroatoms. The number of aliphatic hydroxyl groups excluding tert-OH is 1. The Balaban J connectivity index is 1.77. The van der Waals surface area contributed by atoms with E-state index in [-0.39, 0.29) is 18.1 Å². The molecule has 1 saturated heterocycles. The van der Waals surface area contributed by atoms with Crippen LogP contribution in [0, 0.1) is 0 Å². The molecule has 1 fully saturated rings. The van der Waals surface area contributed by atoms with Gasteiger partial charge >= 0.3 is 0 Å². The van der Waals surface area contributed by atoms with E-state index in [1.807, 2.05) is 0 Å². The number of hydrogen-bond acceptors (Lipinski definition) is 7. The van der Waals surface area contributed by atoms with Gasteiger partial charge in [-0.3, -0.25) is 14.6 Å². The zero-order valence-corrected chi connectivity index (χ0v) is 17.6. The van der Waals surface area contributed by atoms with Crippen molar-refractivity contribution in [2.45, 2.75) is 19.9 Å². The normalized spacial score (nSPS) is 19.5. The molecular formula is C23H25N3O5. The van der Waals surface area contributed by atoms with Crippen molar-refractivity contribution in [2.24, 2.45) is 0 Å². The number of nitrogens with zero attached hydrogens (tertiary/aromatic N) is 3. The predicted octanol–water partition coefficient (Wildman–Crippen LogP) is 2.57. The minimum atomic E-state index is -0.713. The number of pyridine rings is 1. The van der Waals surface area contributed by atoms with Crippen LogP contribution in [0.15, 0.2) is 48.3 Å². The lowest BCUT2D eigenvalue weighted by Gasteiger charge is -2.28. The Morgan fingerprint density at radius 3 is 2.68 bits per heavy atom. The van der Waals surface area contributed by atoms with Crippen molar-refractivity contribution in [2.75, 3.05) is 33.0 Å². The molecule has 0 aliphatic carbocycles. The lowest BCUT2D eigenvalue weighted by Crippen LogP contribution is -2.38. The predicted molar refractivity (Wildman–Crippen MR) is 114 cm³/mol. The first-order valence-electron chi connectivity index (χ1n) is 10.4. The summed E-state index contributed by atoms with van der Waals surface area (Å²) in [7, 11) is 0. The quantitative estimate of drug-likeness (QED) is 0.416. The van der Waals surface area contributed by atoms with Gasteiger partial charge in [0.1, 0.15) is 5.76 Å². The minimum absolute atomic E-state index is 0.0522. The maximum atomic E-state index is 13.0. The van der Waals surface area contributed by atoms with Gasteiger partial charge in [-0.1, -0.05) is 19.9 Å². The molecule has 31 heavy (non-hydrogen) atoms. The van der Waals surface area contributed by atoms with E-state index >= 15 is 0 Å². The summed E-state index contributed by atoms with van der Waals surface area (Å²) >= 11 is 0. The summed E-state index contributed by atoms with van der Waals surface area (Å²) in [6, 6.07) is 7.77. The molecular weight excluding hydrogens is 398 g/mol. The molecule has 0 saturated carbocycles. The lowest BCUT2D eigenvalue weighted by molar-refractivity contribution is -0.140. The molecule has 1 unspecified atom stereocenters. The molecule has 1 aromatic heterocycles. The molecule has 1 N–H and O–H groups in total. The topological polar surface area (TPSA) is 92.2 Å². The number of benzene rings is 1. The number of Topliss-reactive ketones (excluding diaryl/α,β-unsaturated/α-hetero) is 1. The van der Waals surface area contributed by atoms with Crippen molar-refractivity contribution in [3.8, 4) is 11.5 Å². The second-order valence-electron chi connectivity index (χ2n) is 7.37. The third kappa shape index (κ3) is 3.86. The Morgan fingerprint density at radius 1 is 1.19 bits per heavy atom. The zero-order valence-electron chi connectivity index (χ0n) is 17.6. The molecule has 0 spiro atoms. The third-order valence-corrected chi connectivity index (χ3v) is 5.74. The van der Waals surface area contributed by atoms with E-state index in [1.165, 1.54) is 4.90 Å². The van der Waals surface area contributed by atoms with Crippen LogP contribution in [0.5, 0.6) is 11.5 Å². The van der Waals surface area contributed by atoms with Crippen LogP contribution >= 0.6 is 0 Å². The largest absolute Gasteiger partial charge is 0.507 e. The van der Waals surface area contributed by atoms with Crippen molar-refractivity contribution in [1.82, 2.24) is 14.8 Å². The van der Waals surface area contributed by atoms with Gasteiger partial charge in [0.05, 0.1) is 11.6 Å². The van der Waals surface area contributed by atoms with Gasteiger partial charge in [0.25, 0.3) is 11.7 Å². The van der Waals surface area contributed by atoms with E-state index in [2.05, 4.69) is 23.7 Å². The second kappa shape index (κ2) is 8.77. The third-order valence-electron chi connectivity index (χ3n) is 5.74. The maximum absolute atomic E-state index is 13.0. The van der Waals surface area contributed by atoms with Gasteiger partial charge in [-0.05, 0) is 42.9 Å². The summed E-state index contributed by atoms with van der Waals surface area (Å²) in [5.41, 5.74) is 1.11. The number of likely N-dealkylation sites (N-methyl/N-ethyl adjacent to an activating group) is 1. The van der Waals surface area contributed by atoms with Gasteiger partial charge in [0.2, 0.25) is 6.79 Å². The van der Waals surface area contributed by atoms with Crippen LogP contribution in [0.3, 0.4) is 0 Å². The fraction of sp³-hybridized carbons (Fsp3) is 0.348. The molecule has 162 valence electrons. The number of aromatic nitrogens is 1. The van der Waals surface area contributed by atoms with Crippen LogP contribution < -0.4 is 9.47 Å². The maximum Gasteiger partial charge on any atom is 0.295 e. The van der Waals surface area contributed by atoms with Gasteiger partial charge in [-0.2, -0.15) is 0 Å². The highest BCUT2D eigenvalue weighted by atomic mass is 16.7. The number of likely N-dealkylation sites (tertiary alicyclic amines) is 1. The van der Waals surface area contributed by atoms with Crippen molar-refractivity contribution < 1.29 is 24.2 Å². The summed E-state index contributed by atoms with van der Waals surface area (Å²) in [6.45, 7) is 6.88. The summed E-state index contributed by atoms with van der Waals surface area (Å²) in [5.74, 6) is -0.513. The van der Waals surface area contributed by atoms with Crippen LogP contribution in [-0.2, 0) is 9.59 Å². The standard InChI is InChI=1S/C23H25N3O5/c1-3-25(4-2)10-11-26-20(16-6-5-9-24-13-16)19(22(28)23(26)29)21(27)15-7-8-17-18(12-15)31-14-30-17/h5-9,12-13,20,27H,3-4,10-11,14H2,1-2H3. The van der Waals surface area contributed by atoms with Gasteiger partial charge < -0.3 is 24.4 Å². The Hall–Kier alpha value is -3.39. The number of ether oxygens (including phenoxy) is 2. The van der Waals surface area contributed by atoms with Crippen molar-refractivity contribution in [3.63, 3.8) is 0 Å². The first-order valence-corrected chi connectivity index (χ1v) is 10.4. The average molecular weight is 423 g/mol. The van der Waals surface area contributed by atoms with E-state index in [0.29, 0.717) is 35.7 Å². The highest BCUT2D eigenvalue weighted by Crippen LogP contribution is 2.41. The number of amides is 1. The molecule has 0 radical (unpaired) electrons. The lowest BCUT2D eigenvalue weighted by atomic mass is 9.96. The van der Waals surface area contributed by atoms with Crippen molar-refractivity contribution in [3.05, 3.63) is 59.4 Å². The number of fused-ring (bicyclic) bond motifs is 1. The van der Waals surface area contributed by atoms with Gasteiger partial charge in [0.15, 0.2) is 11.5 Å². The van der Waals surface area contributed by atoms with Crippen LogP contribution in [0.1, 0.15) is 31.0 Å². The van der Waals surface area contributed by atoms with Crippen LogP contribution in [0.2, 0.25) is 0 Å². The summed E-state index contributed by atoms with van der Waals surface area (Å²) in [6.07, 6.45) is 3.25. The molecule has 0 bridgehead atoms. The van der Waals surface area contributed by atoms with Crippen LogP contribution in [0.25, 0.3) is 5.76 Å². The summed E-state index contributed by atoms with van der Waals surface area (Å²) in [4.78, 5) is 33.8. The molecule has 2 aliphatic heterocycles. The first kappa shape index (κ1) is 20.9. The van der Waals surface area contributed by atoms with E-state index in [9.17, 15) is 14.7 Å². The Kier molecular flexibility index (Phi) is 5.90. The number of carbonyl (C=O) groups is 2. The van der Waals surface area contributed by atoms with Crippen LogP contribution in [0.4, 0.5) is 0 Å². The summed E-state index contributed by atoms with van der Waals surface area (Å²) in [5, 5.41) is 11.1. The number of carbonyl (C=O) groups excluding carboxylic acids is 2. The van der Waals surface area contributed by atoms with E-state index < -0.39 is 17.7 Å². The molecule has 2 aromatic rings. The number of ketones is 1. The Morgan fingerprint density at radius 2 is 1.97 bits per heavy atom. The Bertz CT molecular complexity index is 1020. The minimum Gasteiger partial charge on any atom is -0.507 e. The molecule has 8 nitrogen and oxygen atoms in total. The van der Waals surface area contributed by atoms with E-state index in [0.717, 1.165) is 13.1 Å². The fourth-order valence-electron chi connectivity index (χ4n) is 3.98. The molecule has 3 heterocycles. The highest BCUT2D eigenvalue weighted by Gasteiger charge is 2.46. The number of rotatable bonds is 7. The SMILES string of the molecule is CCN(CC)CCN1C(=O)C(=O)C(=C(O)c2ccc3c(c2)OCO3)C1c1cccnc1. The Labute approximate surface area is 180 Å². The van der Waals surface area contributed by atoms with E-state index in [4.69, 9.17) is 9.47 Å². The fourth-order valence-corrected chi connectivity index (χ4v) is 3.98. The van der Waals surface area contributed by atoms with Crippen molar-refractivity contribution in [1.29, 1.82) is 0 Å². The molecule has 1 atom stereocenters. The molecule has 1 amide bonds. The highest BCUT2D eigenvalue weighted by molar-refractivity contribution is 6.46. The first-order chi connectivity index (χ1) is 15.0. The van der Waals surface area contributed by atoms with Gasteiger partial charge in [-0.25, -0.2) is 0 Å². The molecule has 4 rings (SSSR count). The van der Waals surface area contributed by atoms with Crippen molar-refractivity contribution >= 4 is 17.4 Å². The molecule has 1 aromatic carbocycles. The van der Waals surface area contributed by atoms with Crippen LogP contribution in [-0.4, -0.2) is 64.6 Å². The average Bonchev–Trinajstić information content (AvgIpc) is 3.37. The zero-order chi connectivity index (χ0) is 22.0. The monoisotopic (exact) mass is 423 g/mol.